The second-order valence-corrected chi connectivity index (χ2v) is 3.09. The molecule has 0 bridgehead atoms. The number of nitrogens with one attached hydrogen (secondary N) is 1. The van der Waals surface area contributed by atoms with Crippen LogP contribution in [0.4, 0.5) is 0 Å². The molecule has 0 radical (unpaired) electrons. The Morgan fingerprint density at radius 2 is 2.50 bits per heavy atom. The smallest absolute Gasteiger partial charge is 0.196 e. The lowest BCUT2D eigenvalue weighted by Crippen LogP contribution is -2.28. The number of fused-ring (bicyclic) bond motifs is 1. The van der Waals surface area contributed by atoms with E-state index in [0.29, 0.717) is 12.2 Å². The van der Waals surface area contributed by atoms with Gasteiger partial charge >= 0.3 is 0 Å². The van der Waals surface area contributed by atoms with Crippen molar-refractivity contribution in [2.45, 2.75) is 6.54 Å². The van der Waals surface area contributed by atoms with Crippen LogP contribution in [-0.2, 0) is 6.54 Å². The van der Waals surface area contributed by atoms with Gasteiger partial charge in [0.05, 0.1) is 12.1 Å². The number of Topliss-reactive ketones (excluding diaryl/α,β-unsaturated/α-hetero) is 1. The number of ketones is 1. The van der Waals surface area contributed by atoms with Crippen LogP contribution in [0.1, 0.15) is 15.4 Å². The van der Waals surface area contributed by atoms with Crippen LogP contribution in [0.25, 0.3) is 0 Å². The van der Waals surface area contributed by atoms with Crippen molar-refractivity contribution in [1.82, 2.24) is 10.3 Å². The number of aromatic nitrogens is 1. The molecular weight excluding hydrogens is 148 g/mol. The van der Waals surface area contributed by atoms with Crippen molar-refractivity contribution >= 4 is 17.1 Å². The van der Waals surface area contributed by atoms with Gasteiger partial charge in [0.2, 0.25) is 0 Å². The van der Waals surface area contributed by atoms with Gasteiger partial charge in [-0.15, -0.1) is 11.3 Å². The first-order valence-corrected chi connectivity index (χ1v) is 3.92. The summed E-state index contributed by atoms with van der Waals surface area (Å²) in [6.45, 7) is 1.24. The highest BCUT2D eigenvalue weighted by molar-refractivity contribution is 7.10. The summed E-state index contributed by atoms with van der Waals surface area (Å²) < 4.78 is 0. The molecule has 10 heavy (non-hydrogen) atoms. The summed E-state index contributed by atoms with van der Waals surface area (Å²) in [4.78, 5) is 16.1. The van der Waals surface area contributed by atoms with Crippen LogP contribution in [0.3, 0.4) is 0 Å². The molecule has 0 saturated heterocycles. The second kappa shape index (κ2) is 2.14. The van der Waals surface area contributed by atoms with Crippen LogP contribution in [0, 0.1) is 0 Å². The van der Waals surface area contributed by atoms with E-state index in [1.165, 1.54) is 11.3 Å². The number of hydrogen-bond acceptors (Lipinski definition) is 4. The van der Waals surface area contributed by atoms with Crippen molar-refractivity contribution < 1.29 is 4.79 Å². The molecule has 52 valence electrons. The van der Waals surface area contributed by atoms with E-state index in [2.05, 4.69) is 10.3 Å². The summed E-state index contributed by atoms with van der Waals surface area (Å²) in [6, 6.07) is 0. The van der Waals surface area contributed by atoms with Crippen LogP contribution in [0.5, 0.6) is 0 Å². The van der Waals surface area contributed by atoms with Crippen LogP contribution >= 0.6 is 11.3 Å². The lowest BCUT2D eigenvalue weighted by molar-refractivity contribution is 0.0978. The first kappa shape index (κ1) is 6.00. The normalized spacial score (nSPS) is 17.0. The SMILES string of the molecule is O=C1CNCc2scnc21. The first-order valence-electron chi connectivity index (χ1n) is 3.04. The number of carbonyl (C=O) groups is 1. The molecule has 1 aromatic heterocycles. The Morgan fingerprint density at radius 1 is 1.60 bits per heavy atom. The van der Waals surface area contributed by atoms with Gasteiger partial charge in [-0.3, -0.25) is 4.79 Å². The predicted octanol–water partition coefficient (Wildman–Crippen LogP) is 0.429. The average Bonchev–Trinajstić information content (AvgIpc) is 2.36. The van der Waals surface area contributed by atoms with Crippen molar-refractivity contribution in [3.8, 4) is 0 Å². The third-order valence-electron chi connectivity index (χ3n) is 1.48. The molecule has 0 saturated carbocycles. The zero-order valence-electron chi connectivity index (χ0n) is 5.26. The summed E-state index contributed by atoms with van der Waals surface area (Å²) >= 11 is 1.53. The largest absolute Gasteiger partial charge is 0.305 e. The van der Waals surface area contributed by atoms with E-state index in [9.17, 15) is 4.79 Å². The second-order valence-electron chi connectivity index (χ2n) is 2.15. The number of nitrogens with zero attached hydrogens (tertiary/aromatic N) is 1. The van der Waals surface area contributed by atoms with Gasteiger partial charge < -0.3 is 5.32 Å². The third kappa shape index (κ3) is 0.767. The van der Waals surface area contributed by atoms with Gasteiger partial charge in [-0.2, -0.15) is 0 Å². The van der Waals surface area contributed by atoms with Crippen molar-refractivity contribution in [3.63, 3.8) is 0 Å². The minimum Gasteiger partial charge on any atom is -0.305 e. The maximum absolute atomic E-state index is 11.0. The summed E-state index contributed by atoms with van der Waals surface area (Å²) in [7, 11) is 0. The lowest BCUT2D eigenvalue weighted by Gasteiger charge is -2.08. The molecule has 1 aliphatic heterocycles. The fourth-order valence-electron chi connectivity index (χ4n) is 0.997. The fraction of sp³-hybridized carbons (Fsp3) is 0.333. The molecule has 0 amide bonds. The Balaban J connectivity index is 2.50. The molecule has 2 heterocycles. The summed E-state index contributed by atoms with van der Waals surface area (Å²) in [5, 5.41) is 3.00. The van der Waals surface area contributed by atoms with Crippen LogP contribution < -0.4 is 5.32 Å². The van der Waals surface area contributed by atoms with Crippen molar-refractivity contribution in [3.05, 3.63) is 16.1 Å². The molecule has 0 unspecified atom stereocenters. The van der Waals surface area contributed by atoms with E-state index in [1.54, 1.807) is 5.51 Å². The topological polar surface area (TPSA) is 42.0 Å². The highest BCUT2D eigenvalue weighted by Crippen LogP contribution is 2.15. The fourth-order valence-corrected chi connectivity index (χ4v) is 1.75. The molecule has 1 aliphatic rings. The molecule has 0 fully saturated rings. The Labute approximate surface area is 62.1 Å². The van der Waals surface area contributed by atoms with E-state index in [4.69, 9.17) is 0 Å². The Bertz CT molecular complexity index is 268. The number of thiazole rings is 1. The van der Waals surface area contributed by atoms with Gasteiger partial charge in [-0.1, -0.05) is 0 Å². The Kier molecular flexibility index (Phi) is 1.28. The van der Waals surface area contributed by atoms with Gasteiger partial charge in [0.15, 0.2) is 5.78 Å². The molecule has 0 aromatic carbocycles. The first-order chi connectivity index (χ1) is 4.88. The lowest BCUT2D eigenvalue weighted by atomic mass is 10.2. The summed E-state index contributed by atoms with van der Waals surface area (Å²) in [6.07, 6.45) is 0. The quantitative estimate of drug-likeness (QED) is 0.589. The number of carbonyl (C=O) groups excluding carboxylic acids is 1. The average molecular weight is 154 g/mol. The van der Waals surface area contributed by atoms with E-state index in [0.717, 1.165) is 11.4 Å². The molecule has 1 aromatic rings. The zero-order valence-corrected chi connectivity index (χ0v) is 6.07. The highest BCUT2D eigenvalue weighted by atomic mass is 32.1. The number of hydrogen-bond donors (Lipinski definition) is 1. The molecule has 0 atom stereocenters. The van der Waals surface area contributed by atoms with Crippen LogP contribution in [-0.4, -0.2) is 17.3 Å². The van der Waals surface area contributed by atoms with Gasteiger partial charge in [0.25, 0.3) is 0 Å². The van der Waals surface area contributed by atoms with E-state index in [-0.39, 0.29) is 5.78 Å². The standard InChI is InChI=1S/C6H6N2OS/c9-4-1-7-2-5-6(4)8-3-10-5/h3,7H,1-2H2. The summed E-state index contributed by atoms with van der Waals surface area (Å²) in [5.41, 5.74) is 2.39. The Hall–Kier alpha value is -0.740. The van der Waals surface area contributed by atoms with Gasteiger partial charge in [-0.25, -0.2) is 4.98 Å². The van der Waals surface area contributed by atoms with Gasteiger partial charge in [0, 0.05) is 11.4 Å². The maximum Gasteiger partial charge on any atom is 0.196 e. The Morgan fingerprint density at radius 3 is 3.30 bits per heavy atom. The van der Waals surface area contributed by atoms with Crippen LogP contribution in [0.2, 0.25) is 0 Å². The van der Waals surface area contributed by atoms with Gasteiger partial charge in [-0.05, 0) is 0 Å². The van der Waals surface area contributed by atoms with Crippen molar-refractivity contribution in [2.24, 2.45) is 0 Å². The zero-order chi connectivity index (χ0) is 6.97. The van der Waals surface area contributed by atoms with Crippen LogP contribution in [0.15, 0.2) is 5.51 Å². The minimum atomic E-state index is 0.113. The molecule has 2 rings (SSSR count). The predicted molar refractivity (Wildman–Crippen MR) is 38.2 cm³/mol. The van der Waals surface area contributed by atoms with E-state index >= 15 is 0 Å². The third-order valence-corrected chi connectivity index (χ3v) is 2.31. The molecule has 0 aliphatic carbocycles. The maximum atomic E-state index is 11.0. The van der Waals surface area contributed by atoms with Crippen molar-refractivity contribution in [1.29, 1.82) is 0 Å². The molecule has 4 heteroatoms. The van der Waals surface area contributed by atoms with Gasteiger partial charge in [0.1, 0.15) is 5.69 Å². The number of rotatable bonds is 0. The molecule has 1 N–H and O–H groups in total. The molecule has 0 spiro atoms. The highest BCUT2D eigenvalue weighted by Gasteiger charge is 2.18. The minimum absolute atomic E-state index is 0.113. The van der Waals surface area contributed by atoms with E-state index < -0.39 is 0 Å². The monoisotopic (exact) mass is 154 g/mol. The molecular formula is C6H6N2OS. The van der Waals surface area contributed by atoms with Crippen molar-refractivity contribution in [2.75, 3.05) is 6.54 Å². The molecule has 3 nitrogen and oxygen atoms in total. The summed E-state index contributed by atoms with van der Waals surface area (Å²) in [5.74, 6) is 0.113. The van der Waals surface area contributed by atoms with E-state index in [1.807, 2.05) is 0 Å².